The maximum absolute atomic E-state index is 8.56. The van der Waals surface area contributed by atoms with E-state index in [2.05, 4.69) is 24.8 Å². The molecule has 13 heavy (non-hydrogen) atoms. The minimum Gasteiger partial charge on any atom is -0.303 e. The standard InChI is InChI=1S/C10H20N2S/c1-4-12(5-2)6-7-13-9-10(3)8-11/h10H,4-7,9H2,1-3H3. The van der Waals surface area contributed by atoms with Crippen molar-refractivity contribution in [3.05, 3.63) is 0 Å². The number of thioether (sulfide) groups is 1. The second-order valence-corrected chi connectivity index (χ2v) is 4.28. The van der Waals surface area contributed by atoms with E-state index in [-0.39, 0.29) is 5.92 Å². The SMILES string of the molecule is CCN(CC)CCSCC(C)C#N. The van der Waals surface area contributed by atoms with E-state index in [4.69, 9.17) is 5.26 Å². The average molecular weight is 200 g/mol. The normalized spacial score (nSPS) is 12.8. The fourth-order valence-corrected chi connectivity index (χ4v) is 2.01. The van der Waals surface area contributed by atoms with Crippen molar-refractivity contribution in [3.63, 3.8) is 0 Å². The largest absolute Gasteiger partial charge is 0.303 e. The number of nitriles is 1. The topological polar surface area (TPSA) is 27.0 Å². The summed E-state index contributed by atoms with van der Waals surface area (Å²) >= 11 is 1.88. The van der Waals surface area contributed by atoms with Crippen LogP contribution in [0.15, 0.2) is 0 Å². The lowest BCUT2D eigenvalue weighted by molar-refractivity contribution is 0.324. The zero-order valence-electron chi connectivity index (χ0n) is 8.92. The summed E-state index contributed by atoms with van der Waals surface area (Å²) in [4.78, 5) is 2.41. The number of hydrogen-bond acceptors (Lipinski definition) is 3. The molecule has 0 saturated heterocycles. The van der Waals surface area contributed by atoms with E-state index in [1.54, 1.807) is 0 Å². The van der Waals surface area contributed by atoms with Crippen LogP contribution in [0.5, 0.6) is 0 Å². The monoisotopic (exact) mass is 200 g/mol. The van der Waals surface area contributed by atoms with Crippen LogP contribution < -0.4 is 0 Å². The van der Waals surface area contributed by atoms with Gasteiger partial charge in [-0.15, -0.1) is 0 Å². The van der Waals surface area contributed by atoms with Gasteiger partial charge in [-0.05, 0) is 20.0 Å². The number of rotatable bonds is 7. The van der Waals surface area contributed by atoms with E-state index in [1.165, 1.54) is 0 Å². The molecule has 0 amide bonds. The molecule has 0 aromatic carbocycles. The third-order valence-electron chi connectivity index (χ3n) is 2.03. The first kappa shape index (κ1) is 12.8. The summed E-state index contributed by atoms with van der Waals surface area (Å²) < 4.78 is 0. The highest BCUT2D eigenvalue weighted by molar-refractivity contribution is 7.99. The molecule has 0 aliphatic heterocycles. The Labute approximate surface area is 86.3 Å². The van der Waals surface area contributed by atoms with Gasteiger partial charge in [-0.25, -0.2) is 0 Å². The molecule has 0 bridgehead atoms. The van der Waals surface area contributed by atoms with E-state index in [0.717, 1.165) is 31.1 Å². The third kappa shape index (κ3) is 6.92. The van der Waals surface area contributed by atoms with Crippen LogP contribution in [0.4, 0.5) is 0 Å². The molecule has 2 nitrogen and oxygen atoms in total. The highest BCUT2D eigenvalue weighted by Gasteiger charge is 2.01. The second-order valence-electron chi connectivity index (χ2n) is 3.13. The zero-order chi connectivity index (χ0) is 10.1. The Morgan fingerprint density at radius 2 is 2.00 bits per heavy atom. The summed E-state index contributed by atoms with van der Waals surface area (Å²) in [6.45, 7) is 9.76. The lowest BCUT2D eigenvalue weighted by Crippen LogP contribution is -2.25. The van der Waals surface area contributed by atoms with Gasteiger partial charge >= 0.3 is 0 Å². The molecule has 0 spiro atoms. The summed E-state index contributed by atoms with van der Waals surface area (Å²) in [7, 11) is 0. The highest BCUT2D eigenvalue weighted by atomic mass is 32.2. The first-order valence-electron chi connectivity index (χ1n) is 4.94. The van der Waals surface area contributed by atoms with Crippen LogP contribution in [0.3, 0.4) is 0 Å². The van der Waals surface area contributed by atoms with E-state index in [9.17, 15) is 0 Å². The Morgan fingerprint density at radius 3 is 2.46 bits per heavy atom. The van der Waals surface area contributed by atoms with Gasteiger partial charge in [-0.3, -0.25) is 0 Å². The first-order valence-corrected chi connectivity index (χ1v) is 6.09. The predicted molar refractivity (Wildman–Crippen MR) is 59.9 cm³/mol. The number of nitrogens with zero attached hydrogens (tertiary/aromatic N) is 2. The maximum atomic E-state index is 8.56. The summed E-state index contributed by atoms with van der Waals surface area (Å²) in [5.74, 6) is 2.31. The second kappa shape index (κ2) is 8.40. The average Bonchev–Trinajstić information content (AvgIpc) is 2.18. The van der Waals surface area contributed by atoms with Gasteiger partial charge in [0.15, 0.2) is 0 Å². The van der Waals surface area contributed by atoms with Gasteiger partial charge in [0, 0.05) is 18.1 Å². The third-order valence-corrected chi connectivity index (χ3v) is 3.24. The van der Waals surface area contributed by atoms with Crippen molar-refractivity contribution >= 4 is 11.8 Å². The van der Waals surface area contributed by atoms with Crippen molar-refractivity contribution in [2.75, 3.05) is 31.1 Å². The molecule has 1 atom stereocenters. The minimum atomic E-state index is 0.196. The van der Waals surface area contributed by atoms with E-state index in [1.807, 2.05) is 18.7 Å². The van der Waals surface area contributed by atoms with Gasteiger partial charge in [0.1, 0.15) is 0 Å². The smallest absolute Gasteiger partial charge is 0.0661 e. The number of hydrogen-bond donors (Lipinski definition) is 0. The van der Waals surface area contributed by atoms with Gasteiger partial charge in [-0.1, -0.05) is 13.8 Å². The molecule has 0 saturated carbocycles. The van der Waals surface area contributed by atoms with Gasteiger partial charge < -0.3 is 4.90 Å². The molecule has 76 valence electrons. The summed E-state index contributed by atoms with van der Waals surface area (Å²) in [6.07, 6.45) is 0. The maximum Gasteiger partial charge on any atom is 0.0661 e. The van der Waals surface area contributed by atoms with Crippen molar-refractivity contribution in [2.45, 2.75) is 20.8 Å². The molecule has 0 N–H and O–H groups in total. The Bertz CT molecular complexity index is 149. The van der Waals surface area contributed by atoms with Gasteiger partial charge in [0.25, 0.3) is 0 Å². The van der Waals surface area contributed by atoms with E-state index < -0.39 is 0 Å². The van der Waals surface area contributed by atoms with Crippen LogP contribution in [0, 0.1) is 17.2 Å². The Kier molecular flexibility index (Phi) is 8.27. The molecule has 0 aromatic heterocycles. The zero-order valence-corrected chi connectivity index (χ0v) is 9.73. The molecular formula is C10H20N2S. The van der Waals surface area contributed by atoms with Crippen LogP contribution in [0.1, 0.15) is 20.8 Å². The lowest BCUT2D eigenvalue weighted by atomic mass is 10.3. The van der Waals surface area contributed by atoms with Crippen LogP contribution in [0.25, 0.3) is 0 Å². The molecule has 0 aliphatic carbocycles. The van der Waals surface area contributed by atoms with Crippen LogP contribution in [0.2, 0.25) is 0 Å². The summed E-state index contributed by atoms with van der Waals surface area (Å²) in [5.41, 5.74) is 0. The quantitative estimate of drug-likeness (QED) is 0.590. The van der Waals surface area contributed by atoms with E-state index in [0.29, 0.717) is 0 Å². The van der Waals surface area contributed by atoms with Crippen molar-refractivity contribution in [1.29, 1.82) is 5.26 Å². The molecule has 0 rings (SSSR count). The molecular weight excluding hydrogens is 180 g/mol. The predicted octanol–water partition coefficient (Wildman–Crippen LogP) is 2.22. The lowest BCUT2D eigenvalue weighted by Gasteiger charge is -2.17. The highest BCUT2D eigenvalue weighted by Crippen LogP contribution is 2.07. The van der Waals surface area contributed by atoms with Gasteiger partial charge in [0.2, 0.25) is 0 Å². The van der Waals surface area contributed by atoms with Gasteiger partial charge in [0.05, 0.1) is 12.0 Å². The molecule has 1 unspecified atom stereocenters. The summed E-state index contributed by atoms with van der Waals surface area (Å²) in [5, 5.41) is 8.56. The molecule has 0 heterocycles. The fourth-order valence-electron chi connectivity index (χ4n) is 1.03. The minimum absolute atomic E-state index is 0.196. The molecule has 0 radical (unpaired) electrons. The van der Waals surface area contributed by atoms with Crippen LogP contribution in [-0.4, -0.2) is 36.0 Å². The van der Waals surface area contributed by atoms with Crippen molar-refractivity contribution in [2.24, 2.45) is 5.92 Å². The van der Waals surface area contributed by atoms with Crippen molar-refractivity contribution in [1.82, 2.24) is 4.90 Å². The Balaban J connectivity index is 3.30. The molecule has 0 aliphatic rings. The Hall–Kier alpha value is -0.200. The molecule has 3 heteroatoms. The fraction of sp³-hybridized carbons (Fsp3) is 0.900. The Morgan fingerprint density at radius 1 is 1.38 bits per heavy atom. The van der Waals surface area contributed by atoms with Crippen molar-refractivity contribution < 1.29 is 0 Å². The molecule has 0 fully saturated rings. The van der Waals surface area contributed by atoms with Gasteiger partial charge in [-0.2, -0.15) is 17.0 Å². The van der Waals surface area contributed by atoms with Crippen molar-refractivity contribution in [3.8, 4) is 6.07 Å². The first-order chi connectivity index (χ1) is 6.24. The summed E-state index contributed by atoms with van der Waals surface area (Å²) in [6, 6.07) is 2.25. The molecule has 0 aromatic rings. The van der Waals surface area contributed by atoms with Crippen LogP contribution >= 0.6 is 11.8 Å². The van der Waals surface area contributed by atoms with E-state index >= 15 is 0 Å². The van der Waals surface area contributed by atoms with Crippen LogP contribution in [-0.2, 0) is 0 Å².